The van der Waals surface area contributed by atoms with Crippen LogP contribution in [0.5, 0.6) is 0 Å². The van der Waals surface area contributed by atoms with Crippen molar-refractivity contribution in [1.29, 1.82) is 0 Å². The van der Waals surface area contributed by atoms with Crippen molar-refractivity contribution in [2.45, 2.75) is 44.2 Å². The van der Waals surface area contributed by atoms with Crippen molar-refractivity contribution in [3.63, 3.8) is 0 Å². The molecule has 154 valence electrons. The average molecular weight is 452 g/mol. The summed E-state index contributed by atoms with van der Waals surface area (Å²) in [7, 11) is 0. The van der Waals surface area contributed by atoms with Gasteiger partial charge in [0.05, 0.1) is 30.7 Å². The lowest BCUT2D eigenvalue weighted by Gasteiger charge is -2.41. The quantitative estimate of drug-likeness (QED) is 0.533. The fourth-order valence-electron chi connectivity index (χ4n) is 4.09. The molecule has 2 fully saturated rings. The van der Waals surface area contributed by atoms with Gasteiger partial charge in [0.25, 0.3) is 0 Å². The first-order chi connectivity index (χ1) is 13.9. The Bertz CT molecular complexity index is 924. The second kappa shape index (κ2) is 8.20. The summed E-state index contributed by atoms with van der Waals surface area (Å²) >= 11 is 13.4. The molecular weight excluding hydrogens is 430 g/mol. The van der Waals surface area contributed by atoms with E-state index in [1.807, 2.05) is 47.5 Å². The van der Waals surface area contributed by atoms with E-state index in [9.17, 15) is 15.0 Å². The maximum Gasteiger partial charge on any atom is 0.225 e. The van der Waals surface area contributed by atoms with Crippen LogP contribution in [0.3, 0.4) is 0 Å². The monoisotopic (exact) mass is 451 g/mol. The highest BCUT2D eigenvalue weighted by Gasteiger charge is 2.53. The predicted octanol–water partition coefficient (Wildman–Crippen LogP) is 2.20. The fourth-order valence-corrected chi connectivity index (χ4v) is 5.27. The van der Waals surface area contributed by atoms with Gasteiger partial charge in [0.15, 0.2) is 5.11 Å². The summed E-state index contributed by atoms with van der Waals surface area (Å²) in [6.07, 6.45) is -1.88. The summed E-state index contributed by atoms with van der Waals surface area (Å²) in [5.41, 5.74) is 1.69. The smallest absolute Gasteiger partial charge is 0.225 e. The number of amides is 1. The first kappa shape index (κ1) is 20.6. The molecule has 0 radical (unpaired) electrons. The highest BCUT2D eigenvalue weighted by Crippen LogP contribution is 2.37. The van der Waals surface area contributed by atoms with Crippen LogP contribution in [-0.2, 0) is 11.3 Å². The summed E-state index contributed by atoms with van der Waals surface area (Å²) in [6, 6.07) is 8.52. The van der Waals surface area contributed by atoms with Crippen LogP contribution in [0.2, 0.25) is 5.02 Å². The number of aliphatic hydroxyl groups excluding tert-OH is 2. The van der Waals surface area contributed by atoms with E-state index in [4.69, 9.17) is 23.8 Å². The third-order valence-corrected chi connectivity index (χ3v) is 7.23. The number of thiophene rings is 1. The summed E-state index contributed by atoms with van der Waals surface area (Å²) in [5.74, 6) is -0.722. The van der Waals surface area contributed by atoms with Gasteiger partial charge in [0, 0.05) is 15.6 Å². The summed E-state index contributed by atoms with van der Waals surface area (Å²) in [4.78, 5) is 16.0. The van der Waals surface area contributed by atoms with E-state index in [1.54, 1.807) is 11.3 Å². The van der Waals surface area contributed by atoms with Crippen molar-refractivity contribution >= 4 is 51.9 Å². The Morgan fingerprint density at radius 3 is 2.90 bits per heavy atom. The lowest BCUT2D eigenvalue weighted by atomic mass is 9.77. The molecule has 29 heavy (non-hydrogen) atoms. The number of carbonyl (C=O) groups is 1. The van der Waals surface area contributed by atoms with E-state index < -0.39 is 30.2 Å². The van der Waals surface area contributed by atoms with E-state index in [-0.39, 0.29) is 12.3 Å². The molecule has 0 bridgehead atoms. The number of thiocarbonyl (C=S) groups is 1. The Labute approximate surface area is 183 Å². The van der Waals surface area contributed by atoms with E-state index in [0.29, 0.717) is 16.7 Å². The Kier molecular flexibility index (Phi) is 5.81. The number of halogens is 1. The van der Waals surface area contributed by atoms with Crippen LogP contribution in [0.15, 0.2) is 35.7 Å². The number of rotatable bonds is 4. The molecule has 4 N–H and O–H groups in total. The molecule has 9 heteroatoms. The van der Waals surface area contributed by atoms with Crippen LogP contribution in [-0.4, -0.2) is 45.5 Å². The lowest BCUT2D eigenvalue weighted by Crippen LogP contribution is -2.60. The first-order valence-electron chi connectivity index (χ1n) is 9.39. The minimum Gasteiger partial charge on any atom is -0.390 e. The van der Waals surface area contributed by atoms with Gasteiger partial charge in [0.2, 0.25) is 5.91 Å². The zero-order valence-corrected chi connectivity index (χ0v) is 18.1. The maximum absolute atomic E-state index is 13.1. The topological polar surface area (TPSA) is 84.8 Å². The van der Waals surface area contributed by atoms with Crippen molar-refractivity contribution < 1.29 is 15.0 Å². The molecule has 5 unspecified atom stereocenters. The molecule has 1 aromatic carbocycles. The molecule has 1 amide bonds. The second-order valence-corrected chi connectivity index (χ2v) is 9.29. The number of fused-ring (bicyclic) bond motifs is 1. The number of aliphatic hydroxyl groups is 2. The zero-order valence-electron chi connectivity index (χ0n) is 15.7. The van der Waals surface area contributed by atoms with E-state index in [0.717, 1.165) is 16.1 Å². The largest absolute Gasteiger partial charge is 0.390 e. The summed E-state index contributed by atoms with van der Waals surface area (Å²) < 4.78 is 0. The molecule has 1 saturated heterocycles. The predicted molar refractivity (Wildman–Crippen MR) is 118 cm³/mol. The first-order valence-corrected chi connectivity index (χ1v) is 11.1. The van der Waals surface area contributed by atoms with Gasteiger partial charge in [0.1, 0.15) is 6.10 Å². The number of anilines is 1. The molecule has 5 atom stereocenters. The minimum absolute atomic E-state index is 0.152. The van der Waals surface area contributed by atoms with Crippen LogP contribution in [0.4, 0.5) is 5.69 Å². The number of nitrogens with zero attached hydrogens (tertiary/aromatic N) is 1. The highest BCUT2D eigenvalue weighted by atomic mass is 35.5. The number of hydrogen-bond donors (Lipinski definition) is 4. The fraction of sp³-hybridized carbons (Fsp3) is 0.400. The molecule has 6 nitrogen and oxygen atoms in total. The van der Waals surface area contributed by atoms with Crippen LogP contribution < -0.4 is 15.5 Å². The third kappa shape index (κ3) is 3.87. The lowest BCUT2D eigenvalue weighted by molar-refractivity contribution is -0.131. The van der Waals surface area contributed by atoms with Crippen molar-refractivity contribution in [3.8, 4) is 0 Å². The van der Waals surface area contributed by atoms with Crippen LogP contribution in [0, 0.1) is 12.8 Å². The van der Waals surface area contributed by atoms with Crippen molar-refractivity contribution in [2.75, 3.05) is 4.90 Å². The Balaban J connectivity index is 1.63. The van der Waals surface area contributed by atoms with Gasteiger partial charge in [-0.25, -0.2) is 0 Å². The standard InChI is InChI=1S/C20H22ClN3O3S2/c1-10-4-5-11(7-14(10)21)24-17-13(19(27)22-9-12-3-2-6-29-12)8-15(25)18(26)16(17)23-20(24)28/h2-7,13,15-18,25-26H,8-9H2,1H3,(H,22,27)(H,23,28). The number of benzene rings is 1. The van der Waals surface area contributed by atoms with E-state index >= 15 is 0 Å². The number of carbonyl (C=O) groups excluding carboxylic acids is 1. The Morgan fingerprint density at radius 2 is 2.21 bits per heavy atom. The van der Waals surface area contributed by atoms with E-state index in [1.165, 1.54) is 0 Å². The van der Waals surface area contributed by atoms with Crippen LogP contribution >= 0.6 is 35.2 Å². The van der Waals surface area contributed by atoms with Crippen molar-refractivity contribution in [2.24, 2.45) is 5.92 Å². The van der Waals surface area contributed by atoms with E-state index in [2.05, 4.69) is 10.6 Å². The molecule has 1 aliphatic carbocycles. The highest BCUT2D eigenvalue weighted by molar-refractivity contribution is 7.80. The Hall–Kier alpha value is -1.71. The number of hydrogen-bond acceptors (Lipinski definition) is 5. The Morgan fingerprint density at radius 1 is 1.41 bits per heavy atom. The van der Waals surface area contributed by atoms with Gasteiger partial charge in [-0.3, -0.25) is 4.79 Å². The zero-order chi connectivity index (χ0) is 20.7. The second-order valence-electron chi connectivity index (χ2n) is 7.47. The molecule has 1 saturated carbocycles. The molecule has 0 spiro atoms. The molecule has 4 rings (SSSR count). The molecule has 1 aliphatic heterocycles. The van der Waals surface area contributed by atoms with Gasteiger partial charge >= 0.3 is 0 Å². The maximum atomic E-state index is 13.1. The SMILES string of the molecule is Cc1ccc(N2C(=S)NC3C(O)C(O)CC(C(=O)NCc4cccs4)C32)cc1Cl. The van der Waals surface area contributed by atoms with Gasteiger partial charge in [-0.05, 0) is 54.7 Å². The summed E-state index contributed by atoms with van der Waals surface area (Å²) in [6.45, 7) is 2.34. The normalized spacial score (nSPS) is 28.8. The van der Waals surface area contributed by atoms with Crippen LogP contribution in [0.1, 0.15) is 16.9 Å². The average Bonchev–Trinajstić information content (AvgIpc) is 3.33. The number of aryl methyl sites for hydroxylation is 1. The molecule has 1 aromatic heterocycles. The van der Waals surface area contributed by atoms with Gasteiger partial charge < -0.3 is 25.7 Å². The third-order valence-electron chi connectivity index (χ3n) is 5.63. The molecule has 2 aliphatic rings. The minimum atomic E-state index is -1.02. The van der Waals surface area contributed by atoms with Crippen LogP contribution in [0.25, 0.3) is 0 Å². The van der Waals surface area contributed by atoms with Crippen molar-refractivity contribution in [1.82, 2.24) is 10.6 Å². The van der Waals surface area contributed by atoms with Gasteiger partial charge in [-0.2, -0.15) is 0 Å². The molecular formula is C20H22ClN3O3S2. The molecule has 2 heterocycles. The molecule has 2 aromatic rings. The summed E-state index contributed by atoms with van der Waals surface area (Å²) in [5, 5.41) is 30.0. The van der Waals surface area contributed by atoms with Gasteiger partial charge in [-0.1, -0.05) is 23.7 Å². The van der Waals surface area contributed by atoms with Crippen molar-refractivity contribution in [3.05, 3.63) is 51.2 Å². The van der Waals surface area contributed by atoms with Gasteiger partial charge in [-0.15, -0.1) is 11.3 Å². The number of nitrogens with one attached hydrogen (secondary N) is 2.